The third-order valence-corrected chi connectivity index (χ3v) is 4.57. The van der Waals surface area contributed by atoms with E-state index in [2.05, 4.69) is 0 Å². The van der Waals surface area contributed by atoms with Crippen LogP contribution in [0.15, 0.2) is 24.3 Å². The first-order valence-corrected chi connectivity index (χ1v) is 8.87. The van der Waals surface area contributed by atoms with E-state index < -0.39 is 59.5 Å². The van der Waals surface area contributed by atoms with Crippen molar-refractivity contribution < 1.29 is 66.9 Å². The summed E-state index contributed by atoms with van der Waals surface area (Å²) in [5.74, 6) is -41.0. The van der Waals surface area contributed by atoms with Crippen LogP contribution < -0.4 is 4.74 Å². The van der Waals surface area contributed by atoms with E-state index in [0.717, 1.165) is 18.2 Å². The minimum absolute atomic E-state index is 0.00925. The zero-order valence-corrected chi connectivity index (χ0v) is 16.8. The lowest BCUT2D eigenvalue weighted by Crippen LogP contribution is -2.71. The predicted octanol–water partition coefficient (Wildman–Crippen LogP) is 6.88. The molecule has 0 aliphatic carbocycles. The molecule has 0 fully saturated rings. The monoisotopic (exact) mass is 512 g/mol. The largest absolute Gasteiger partial charge is 0.491 e. The second-order valence-corrected chi connectivity index (χ2v) is 7.39. The van der Waals surface area contributed by atoms with Crippen LogP contribution in [0.3, 0.4) is 0 Å². The van der Waals surface area contributed by atoms with E-state index in [1.807, 2.05) is 0 Å². The van der Waals surface area contributed by atoms with Crippen LogP contribution in [0.5, 0.6) is 5.75 Å². The topological polar surface area (TPSA) is 29.5 Å². The molecule has 0 amide bonds. The van der Waals surface area contributed by atoms with Gasteiger partial charge >= 0.3 is 35.8 Å². The van der Waals surface area contributed by atoms with Crippen molar-refractivity contribution in [3.8, 4) is 5.75 Å². The van der Waals surface area contributed by atoms with Crippen LogP contribution in [-0.2, 0) is 0 Å². The van der Waals surface area contributed by atoms with Gasteiger partial charge in [0.1, 0.15) is 5.75 Å². The van der Waals surface area contributed by atoms with Crippen molar-refractivity contribution in [2.45, 2.75) is 68.8 Å². The summed E-state index contributed by atoms with van der Waals surface area (Å²) in [6.45, 7) is 3.02. The summed E-state index contributed by atoms with van der Waals surface area (Å²) in [6.07, 6.45) is -10.8. The summed E-state index contributed by atoms with van der Waals surface area (Å²) in [4.78, 5) is 0. The van der Waals surface area contributed by atoms with Crippen LogP contribution in [0.4, 0.5) is 57.1 Å². The number of ether oxygens (including phenoxy) is 1. The Morgan fingerprint density at radius 3 is 1.58 bits per heavy atom. The highest BCUT2D eigenvalue weighted by Gasteiger charge is 2.91. The first-order chi connectivity index (χ1) is 14.5. The van der Waals surface area contributed by atoms with Gasteiger partial charge in [0.15, 0.2) is 0 Å². The Morgan fingerprint density at radius 1 is 0.697 bits per heavy atom. The Bertz CT molecular complexity index is 818. The summed E-state index contributed by atoms with van der Waals surface area (Å²) in [5.41, 5.74) is -0.646. The van der Waals surface area contributed by atoms with Crippen LogP contribution in [0.1, 0.15) is 32.4 Å². The average Bonchev–Trinajstić information content (AvgIpc) is 2.64. The van der Waals surface area contributed by atoms with Crippen molar-refractivity contribution in [3.05, 3.63) is 29.8 Å². The second-order valence-electron chi connectivity index (χ2n) is 7.39. The molecule has 0 saturated carbocycles. The molecule has 1 aromatic carbocycles. The lowest BCUT2D eigenvalue weighted by atomic mass is 9.83. The van der Waals surface area contributed by atoms with Crippen LogP contribution in [0.2, 0.25) is 0 Å². The first-order valence-electron chi connectivity index (χ1n) is 8.87. The molecule has 0 heterocycles. The Labute approximate surface area is 178 Å². The zero-order valence-electron chi connectivity index (χ0n) is 16.8. The lowest BCUT2D eigenvalue weighted by molar-refractivity contribution is -0.444. The fourth-order valence-electron chi connectivity index (χ4n) is 2.60. The number of aliphatic hydroxyl groups is 1. The van der Waals surface area contributed by atoms with Crippen molar-refractivity contribution in [1.82, 2.24) is 0 Å². The SMILES string of the molecule is CC(C)Oc1cccc(C(O)C(C)C(F)(F)C(F)(F)C(F)(F)C(F)(F)C(F)(F)C(F)(F)F)c1. The van der Waals surface area contributed by atoms with Crippen LogP contribution in [0.25, 0.3) is 0 Å². The van der Waals surface area contributed by atoms with Gasteiger partial charge in [0.25, 0.3) is 0 Å². The van der Waals surface area contributed by atoms with E-state index in [4.69, 9.17) is 4.74 Å². The highest BCUT2D eigenvalue weighted by molar-refractivity contribution is 5.31. The van der Waals surface area contributed by atoms with Gasteiger partial charge in [-0.05, 0) is 31.5 Å². The third-order valence-electron chi connectivity index (χ3n) is 4.57. The average molecular weight is 512 g/mol. The molecule has 0 radical (unpaired) electrons. The van der Waals surface area contributed by atoms with Crippen LogP contribution >= 0.6 is 0 Å². The molecule has 2 atom stereocenters. The highest BCUT2D eigenvalue weighted by Crippen LogP contribution is 2.62. The van der Waals surface area contributed by atoms with Gasteiger partial charge in [-0.2, -0.15) is 57.1 Å². The van der Waals surface area contributed by atoms with Gasteiger partial charge in [0, 0.05) is 0 Å². The maximum absolute atomic E-state index is 14.3. The van der Waals surface area contributed by atoms with Gasteiger partial charge in [-0.3, -0.25) is 0 Å². The van der Waals surface area contributed by atoms with E-state index in [9.17, 15) is 62.2 Å². The molecule has 1 rings (SSSR count). The Morgan fingerprint density at radius 2 is 1.15 bits per heavy atom. The fraction of sp³-hybridized carbons (Fsp3) is 0.667. The Balaban J connectivity index is 3.44. The molecule has 0 bridgehead atoms. The smallest absolute Gasteiger partial charge is 0.460 e. The van der Waals surface area contributed by atoms with Crippen molar-refractivity contribution in [3.63, 3.8) is 0 Å². The summed E-state index contributed by atoms with van der Waals surface area (Å²) in [6, 6.07) is 3.94. The van der Waals surface area contributed by atoms with Gasteiger partial charge in [-0.1, -0.05) is 19.1 Å². The van der Waals surface area contributed by atoms with Gasteiger partial charge in [0.2, 0.25) is 0 Å². The highest BCUT2D eigenvalue weighted by atomic mass is 19.4. The van der Waals surface area contributed by atoms with Gasteiger partial charge in [0.05, 0.1) is 18.1 Å². The van der Waals surface area contributed by atoms with Crippen LogP contribution in [-0.4, -0.2) is 47.0 Å². The summed E-state index contributed by atoms with van der Waals surface area (Å²) in [7, 11) is 0. The molecular weight excluding hydrogens is 495 g/mol. The number of hydrogen-bond donors (Lipinski definition) is 1. The Kier molecular flexibility index (Phi) is 7.67. The van der Waals surface area contributed by atoms with Crippen molar-refractivity contribution in [2.75, 3.05) is 0 Å². The number of aliphatic hydroxyl groups excluding tert-OH is 1. The predicted molar refractivity (Wildman–Crippen MR) is 87.1 cm³/mol. The molecule has 0 aromatic heterocycles. The normalized spacial score (nSPS) is 16.7. The van der Waals surface area contributed by atoms with E-state index in [0.29, 0.717) is 0 Å². The van der Waals surface area contributed by atoms with Gasteiger partial charge < -0.3 is 9.84 Å². The van der Waals surface area contributed by atoms with Crippen molar-refractivity contribution >= 4 is 0 Å². The van der Waals surface area contributed by atoms with Crippen LogP contribution in [0, 0.1) is 5.92 Å². The second kappa shape index (κ2) is 8.69. The summed E-state index contributed by atoms with van der Waals surface area (Å²) >= 11 is 0. The van der Waals surface area contributed by atoms with E-state index >= 15 is 0 Å². The minimum atomic E-state index is -7.99. The standard InChI is InChI=1S/C18H17F13O2/c1-8(2)33-11-6-4-5-10(7-11)12(32)9(3)13(19,20)14(21,22)15(23,24)16(25,26)17(27,28)18(29,30)31/h4-9,12,32H,1-3H3. The summed E-state index contributed by atoms with van der Waals surface area (Å²) < 4.78 is 178. The van der Waals surface area contributed by atoms with Crippen molar-refractivity contribution in [2.24, 2.45) is 5.92 Å². The molecule has 0 aliphatic rings. The van der Waals surface area contributed by atoms with E-state index in [1.165, 1.54) is 19.9 Å². The molecule has 192 valence electrons. The molecule has 2 nitrogen and oxygen atoms in total. The maximum Gasteiger partial charge on any atom is 0.460 e. The maximum atomic E-state index is 14.3. The number of rotatable bonds is 9. The molecule has 0 spiro atoms. The number of benzene rings is 1. The fourth-order valence-corrected chi connectivity index (χ4v) is 2.60. The number of halogens is 13. The Hall–Kier alpha value is -1.93. The molecule has 0 saturated heterocycles. The molecular formula is C18H17F13O2. The van der Waals surface area contributed by atoms with Crippen molar-refractivity contribution in [1.29, 1.82) is 0 Å². The molecule has 33 heavy (non-hydrogen) atoms. The van der Waals surface area contributed by atoms with E-state index in [-0.39, 0.29) is 12.7 Å². The molecule has 0 aliphatic heterocycles. The first kappa shape index (κ1) is 29.1. The molecule has 15 heteroatoms. The van der Waals surface area contributed by atoms with E-state index in [1.54, 1.807) is 0 Å². The number of alkyl halides is 13. The van der Waals surface area contributed by atoms with Gasteiger partial charge in [-0.15, -0.1) is 0 Å². The molecule has 1 N–H and O–H groups in total. The quantitative estimate of drug-likeness (QED) is 0.366. The summed E-state index contributed by atoms with van der Waals surface area (Å²) in [5, 5.41) is 9.97. The molecule has 2 unspecified atom stereocenters. The number of hydrogen-bond acceptors (Lipinski definition) is 2. The molecule has 1 aromatic rings. The lowest BCUT2D eigenvalue weighted by Gasteiger charge is -2.42. The zero-order chi connectivity index (χ0) is 26.4. The van der Waals surface area contributed by atoms with Gasteiger partial charge in [-0.25, -0.2) is 0 Å². The minimum Gasteiger partial charge on any atom is -0.491 e. The third kappa shape index (κ3) is 4.69.